The summed E-state index contributed by atoms with van der Waals surface area (Å²) in [5.41, 5.74) is 5.24. The standard InChI is InChI=1S/C12H17N3O3/c13-11(16)9-3-5-15(6-4-9)12(17)14-8-10-2-1-7-18-10/h1-2,7,9H,3-6,8H2,(H2,13,16)(H,14,17). The zero-order valence-corrected chi connectivity index (χ0v) is 10.1. The highest BCUT2D eigenvalue weighted by atomic mass is 16.3. The van der Waals surface area contributed by atoms with Crippen molar-refractivity contribution in [3.8, 4) is 0 Å². The molecule has 0 saturated carbocycles. The molecule has 0 unspecified atom stereocenters. The van der Waals surface area contributed by atoms with Gasteiger partial charge in [0, 0.05) is 19.0 Å². The zero-order valence-electron chi connectivity index (χ0n) is 10.1. The van der Waals surface area contributed by atoms with Gasteiger partial charge < -0.3 is 20.4 Å². The predicted octanol–water partition coefficient (Wildman–Crippen LogP) is 0.686. The molecule has 18 heavy (non-hydrogen) atoms. The Morgan fingerprint density at radius 1 is 1.44 bits per heavy atom. The molecule has 1 fully saturated rings. The first-order valence-corrected chi connectivity index (χ1v) is 6.01. The van der Waals surface area contributed by atoms with Gasteiger partial charge in [-0.2, -0.15) is 0 Å². The zero-order chi connectivity index (χ0) is 13.0. The third-order valence-corrected chi connectivity index (χ3v) is 3.18. The maximum Gasteiger partial charge on any atom is 0.317 e. The second-order valence-electron chi connectivity index (χ2n) is 4.40. The number of likely N-dealkylation sites (tertiary alicyclic amines) is 1. The van der Waals surface area contributed by atoms with Crippen molar-refractivity contribution in [3.05, 3.63) is 24.2 Å². The van der Waals surface area contributed by atoms with E-state index < -0.39 is 0 Å². The molecule has 3 amide bonds. The first-order valence-electron chi connectivity index (χ1n) is 6.01. The van der Waals surface area contributed by atoms with Crippen molar-refractivity contribution in [2.24, 2.45) is 11.7 Å². The van der Waals surface area contributed by atoms with Gasteiger partial charge >= 0.3 is 6.03 Å². The number of hydrogen-bond acceptors (Lipinski definition) is 3. The van der Waals surface area contributed by atoms with Crippen LogP contribution in [-0.4, -0.2) is 29.9 Å². The Morgan fingerprint density at radius 3 is 2.72 bits per heavy atom. The fourth-order valence-corrected chi connectivity index (χ4v) is 2.05. The Bertz CT molecular complexity index is 408. The lowest BCUT2D eigenvalue weighted by Crippen LogP contribution is -2.46. The second-order valence-corrected chi connectivity index (χ2v) is 4.40. The van der Waals surface area contributed by atoms with Crippen molar-refractivity contribution in [3.63, 3.8) is 0 Å². The molecule has 0 atom stereocenters. The average molecular weight is 251 g/mol. The van der Waals surface area contributed by atoms with Crippen molar-refractivity contribution < 1.29 is 14.0 Å². The molecule has 1 aromatic rings. The number of nitrogens with two attached hydrogens (primary N) is 1. The summed E-state index contributed by atoms with van der Waals surface area (Å²) in [5.74, 6) is 0.347. The summed E-state index contributed by atoms with van der Waals surface area (Å²) >= 11 is 0. The predicted molar refractivity (Wildman–Crippen MR) is 64.4 cm³/mol. The highest BCUT2D eigenvalue weighted by molar-refractivity contribution is 5.78. The number of nitrogens with one attached hydrogen (secondary N) is 1. The van der Waals surface area contributed by atoms with Crippen LogP contribution in [0, 0.1) is 5.92 Å². The molecule has 6 heteroatoms. The number of hydrogen-bond donors (Lipinski definition) is 2. The first-order chi connectivity index (χ1) is 8.66. The number of carbonyl (C=O) groups excluding carboxylic acids is 2. The maximum atomic E-state index is 11.8. The van der Waals surface area contributed by atoms with Gasteiger partial charge in [0.1, 0.15) is 5.76 Å². The Morgan fingerprint density at radius 2 is 2.17 bits per heavy atom. The molecule has 2 heterocycles. The summed E-state index contributed by atoms with van der Waals surface area (Å²) in [4.78, 5) is 24.5. The summed E-state index contributed by atoms with van der Waals surface area (Å²) in [5, 5.41) is 2.78. The molecule has 0 radical (unpaired) electrons. The summed E-state index contributed by atoms with van der Waals surface area (Å²) < 4.78 is 5.13. The summed E-state index contributed by atoms with van der Waals surface area (Å²) in [6.45, 7) is 1.51. The Hall–Kier alpha value is -1.98. The quantitative estimate of drug-likeness (QED) is 0.828. The molecule has 0 aliphatic carbocycles. The van der Waals surface area contributed by atoms with Gasteiger partial charge in [0.2, 0.25) is 5.91 Å². The van der Waals surface area contributed by atoms with Crippen LogP contribution in [0.25, 0.3) is 0 Å². The van der Waals surface area contributed by atoms with E-state index in [4.69, 9.17) is 10.2 Å². The van der Waals surface area contributed by atoms with Gasteiger partial charge in [-0.25, -0.2) is 4.79 Å². The molecule has 1 saturated heterocycles. The molecular weight excluding hydrogens is 234 g/mol. The van der Waals surface area contributed by atoms with Gasteiger partial charge in [0.25, 0.3) is 0 Å². The average Bonchev–Trinajstić information content (AvgIpc) is 2.89. The summed E-state index contributed by atoms with van der Waals surface area (Å²) in [7, 11) is 0. The lowest BCUT2D eigenvalue weighted by Gasteiger charge is -2.30. The minimum absolute atomic E-state index is 0.0980. The lowest BCUT2D eigenvalue weighted by molar-refractivity contribution is -0.123. The molecule has 0 spiro atoms. The van der Waals surface area contributed by atoms with E-state index in [0.29, 0.717) is 32.5 Å². The Balaban J connectivity index is 1.75. The highest BCUT2D eigenvalue weighted by Crippen LogP contribution is 2.16. The summed E-state index contributed by atoms with van der Waals surface area (Å²) in [6.07, 6.45) is 2.85. The lowest BCUT2D eigenvalue weighted by atomic mass is 9.96. The largest absolute Gasteiger partial charge is 0.467 e. The number of piperidine rings is 1. The fraction of sp³-hybridized carbons (Fsp3) is 0.500. The number of nitrogens with zero attached hydrogens (tertiary/aromatic N) is 1. The molecule has 3 N–H and O–H groups in total. The van der Waals surface area contributed by atoms with Gasteiger partial charge in [-0.1, -0.05) is 0 Å². The molecule has 6 nitrogen and oxygen atoms in total. The van der Waals surface area contributed by atoms with Gasteiger partial charge in [0.05, 0.1) is 12.8 Å². The van der Waals surface area contributed by atoms with Crippen LogP contribution in [0.4, 0.5) is 4.79 Å². The van der Waals surface area contributed by atoms with E-state index in [-0.39, 0.29) is 17.9 Å². The normalized spacial score (nSPS) is 16.6. The second kappa shape index (κ2) is 5.57. The molecular formula is C12H17N3O3. The topological polar surface area (TPSA) is 88.6 Å². The molecule has 1 aliphatic heterocycles. The van der Waals surface area contributed by atoms with Gasteiger partial charge in [-0.15, -0.1) is 0 Å². The van der Waals surface area contributed by atoms with Crippen LogP contribution < -0.4 is 11.1 Å². The SMILES string of the molecule is NC(=O)C1CCN(C(=O)NCc2ccco2)CC1. The third kappa shape index (κ3) is 3.03. The van der Waals surface area contributed by atoms with Gasteiger partial charge in [-0.3, -0.25) is 4.79 Å². The van der Waals surface area contributed by atoms with Crippen molar-refractivity contribution in [2.45, 2.75) is 19.4 Å². The smallest absolute Gasteiger partial charge is 0.317 e. The molecule has 1 aromatic heterocycles. The van der Waals surface area contributed by atoms with Crippen molar-refractivity contribution >= 4 is 11.9 Å². The minimum Gasteiger partial charge on any atom is -0.467 e. The van der Waals surface area contributed by atoms with Crippen LogP contribution in [0.3, 0.4) is 0 Å². The van der Waals surface area contributed by atoms with Crippen LogP contribution in [0.15, 0.2) is 22.8 Å². The van der Waals surface area contributed by atoms with E-state index in [1.54, 1.807) is 23.3 Å². The first kappa shape index (κ1) is 12.5. The fourth-order valence-electron chi connectivity index (χ4n) is 2.05. The Labute approximate surface area is 105 Å². The van der Waals surface area contributed by atoms with Crippen molar-refractivity contribution in [2.75, 3.05) is 13.1 Å². The van der Waals surface area contributed by atoms with E-state index in [2.05, 4.69) is 5.32 Å². The number of furan rings is 1. The summed E-state index contributed by atoms with van der Waals surface area (Å²) in [6, 6.07) is 3.45. The number of primary amides is 1. The number of carbonyl (C=O) groups is 2. The molecule has 0 aromatic carbocycles. The van der Waals surface area contributed by atoms with E-state index in [1.807, 2.05) is 0 Å². The van der Waals surface area contributed by atoms with E-state index in [1.165, 1.54) is 0 Å². The highest BCUT2D eigenvalue weighted by Gasteiger charge is 2.25. The van der Waals surface area contributed by atoms with Crippen molar-refractivity contribution in [1.29, 1.82) is 0 Å². The Kier molecular flexibility index (Phi) is 3.86. The monoisotopic (exact) mass is 251 g/mol. The molecule has 0 bridgehead atoms. The van der Waals surface area contributed by atoms with Gasteiger partial charge in [0.15, 0.2) is 0 Å². The number of rotatable bonds is 3. The van der Waals surface area contributed by atoms with Crippen LogP contribution in [0.1, 0.15) is 18.6 Å². The number of amides is 3. The van der Waals surface area contributed by atoms with E-state index in [9.17, 15) is 9.59 Å². The van der Waals surface area contributed by atoms with E-state index >= 15 is 0 Å². The van der Waals surface area contributed by atoms with Crippen LogP contribution in [0.5, 0.6) is 0 Å². The third-order valence-electron chi connectivity index (χ3n) is 3.18. The molecule has 1 aliphatic rings. The van der Waals surface area contributed by atoms with E-state index in [0.717, 1.165) is 5.76 Å². The minimum atomic E-state index is -0.273. The van der Waals surface area contributed by atoms with Crippen LogP contribution in [-0.2, 0) is 11.3 Å². The van der Waals surface area contributed by atoms with Gasteiger partial charge in [-0.05, 0) is 25.0 Å². The molecule has 98 valence electrons. The number of urea groups is 1. The van der Waals surface area contributed by atoms with Crippen LogP contribution >= 0.6 is 0 Å². The molecule has 2 rings (SSSR count). The van der Waals surface area contributed by atoms with Crippen molar-refractivity contribution in [1.82, 2.24) is 10.2 Å². The maximum absolute atomic E-state index is 11.8. The van der Waals surface area contributed by atoms with Crippen LogP contribution in [0.2, 0.25) is 0 Å².